The molecule has 5 aliphatic rings. The summed E-state index contributed by atoms with van der Waals surface area (Å²) in [6.07, 6.45) is 16.2. The Labute approximate surface area is 387 Å². The van der Waals surface area contributed by atoms with Gasteiger partial charge in [0.2, 0.25) is 11.8 Å². The van der Waals surface area contributed by atoms with E-state index >= 15 is 0 Å². The van der Waals surface area contributed by atoms with Gasteiger partial charge in [-0.3, -0.25) is 34.1 Å². The average Bonchev–Trinajstić information content (AvgIpc) is 3.89. The molecule has 2 aliphatic carbocycles. The first-order valence-electron chi connectivity index (χ1n) is 22.6. The number of amides is 4. The molecule has 5 heterocycles. The molecule has 16 heteroatoms. The van der Waals surface area contributed by atoms with Crippen molar-refractivity contribution >= 4 is 52.1 Å². The van der Waals surface area contributed by atoms with Gasteiger partial charge in [0.05, 0.1) is 29.4 Å². The quantitative estimate of drug-likeness (QED) is 0.111. The Bertz CT molecular complexity index is 2790. The number of allylic oxidation sites excluding steroid dienone is 7. The van der Waals surface area contributed by atoms with Gasteiger partial charge in [-0.15, -0.1) is 0 Å². The molecule has 3 unspecified atom stereocenters. The van der Waals surface area contributed by atoms with Crippen LogP contribution in [0.5, 0.6) is 5.75 Å². The number of benzene rings is 2. The van der Waals surface area contributed by atoms with Crippen LogP contribution in [0.4, 0.5) is 0 Å². The largest absolute Gasteiger partial charge is 0.497 e. The Balaban J connectivity index is 0.888. The lowest BCUT2D eigenvalue weighted by molar-refractivity contribution is -0.137. The van der Waals surface area contributed by atoms with Crippen molar-refractivity contribution in [1.82, 2.24) is 34.4 Å². The van der Waals surface area contributed by atoms with Crippen molar-refractivity contribution in [3.8, 4) is 16.9 Å². The van der Waals surface area contributed by atoms with E-state index in [0.717, 1.165) is 44.7 Å². The number of rotatable bonds is 14. The van der Waals surface area contributed by atoms with Crippen molar-refractivity contribution < 1.29 is 38.6 Å². The second kappa shape index (κ2) is 18.1. The highest BCUT2D eigenvalue weighted by Gasteiger charge is 2.41. The van der Waals surface area contributed by atoms with Gasteiger partial charge in [-0.1, -0.05) is 67.1 Å². The highest BCUT2D eigenvalue weighted by Crippen LogP contribution is 2.44. The van der Waals surface area contributed by atoms with Gasteiger partial charge in [-0.2, -0.15) is 5.10 Å². The zero-order chi connectivity index (χ0) is 46.4. The summed E-state index contributed by atoms with van der Waals surface area (Å²) < 4.78 is 16.2. The van der Waals surface area contributed by atoms with Gasteiger partial charge in [-0.25, -0.2) is 4.79 Å². The van der Waals surface area contributed by atoms with Crippen molar-refractivity contribution in [1.29, 1.82) is 0 Å². The van der Waals surface area contributed by atoms with Gasteiger partial charge in [-0.05, 0) is 62.9 Å². The Morgan fingerprint density at radius 3 is 2.52 bits per heavy atom. The normalized spacial score (nSPS) is 21.6. The van der Waals surface area contributed by atoms with E-state index in [4.69, 9.17) is 26.2 Å². The SMILES string of the molecule is Cc1nn(C)c(C)c1-c1c(Cl)ccc2c(CCCOC3=CC=CC4(C)C=CC=CC34)c(C(=O)O)n(CCN3CCN(C(=O)COc4cccc5c4CN(C4CCC(=O)NC4=O)C5=O)CC3)c12. The minimum Gasteiger partial charge on any atom is -0.497 e. The monoisotopic (exact) mass is 915 g/mol. The zero-order valence-electron chi connectivity index (χ0n) is 37.6. The number of aryl methyl sites for hydroxylation is 3. The molecule has 2 aromatic heterocycles. The molecule has 4 aromatic rings. The maximum absolute atomic E-state index is 13.5. The summed E-state index contributed by atoms with van der Waals surface area (Å²) >= 11 is 7.09. The van der Waals surface area contributed by atoms with Crippen LogP contribution in [0.15, 0.2) is 78.6 Å². The van der Waals surface area contributed by atoms with E-state index in [-0.39, 0.29) is 60.7 Å². The molecule has 66 heavy (non-hydrogen) atoms. The predicted molar refractivity (Wildman–Crippen MR) is 248 cm³/mol. The van der Waals surface area contributed by atoms with Crippen molar-refractivity contribution in [3.05, 3.63) is 117 Å². The fourth-order valence-corrected chi connectivity index (χ4v) is 10.6. The molecule has 0 radical (unpaired) electrons. The summed E-state index contributed by atoms with van der Waals surface area (Å²) in [5.74, 6) is -0.990. The lowest BCUT2D eigenvalue weighted by Gasteiger charge is -2.36. The third-order valence-electron chi connectivity index (χ3n) is 13.9. The second-order valence-electron chi connectivity index (χ2n) is 17.9. The fourth-order valence-electron chi connectivity index (χ4n) is 10.3. The minimum atomic E-state index is -1.02. The molecule has 9 rings (SSSR count). The summed E-state index contributed by atoms with van der Waals surface area (Å²) in [6.45, 7) is 9.37. The number of piperazine rings is 1. The molecule has 0 spiro atoms. The number of nitrogens with zero attached hydrogens (tertiary/aromatic N) is 6. The van der Waals surface area contributed by atoms with Crippen LogP contribution in [0.25, 0.3) is 22.0 Å². The summed E-state index contributed by atoms with van der Waals surface area (Å²) in [7, 11) is 1.89. The standard InChI is InChI=1S/C50H54ClN7O8/c1-30-43(31(2)54(4)53-30)44-37(51)16-15-33-32(11-9-27-65-40-14-8-20-50(3)19-6-5-12-36(40)50)46(49(63)64)57(45(33)44)26-23-55-21-24-56(25-22-55)42(60)29-66-39-13-7-10-34-35(39)28-58(48(34)62)38-17-18-41(59)52-47(38)61/h5-8,10,12-16,19-20,36,38H,9,11,17-18,21-29H2,1-4H3,(H,63,64)(H,52,59,61). The zero-order valence-corrected chi connectivity index (χ0v) is 38.4. The molecule has 2 fully saturated rings. The molecule has 3 atom stereocenters. The van der Waals surface area contributed by atoms with Gasteiger partial charge in [0.25, 0.3) is 11.8 Å². The van der Waals surface area contributed by atoms with Crippen molar-refractivity contribution in [2.45, 2.75) is 65.6 Å². The highest BCUT2D eigenvalue weighted by atomic mass is 35.5. The number of nitrogens with one attached hydrogen (secondary N) is 1. The lowest BCUT2D eigenvalue weighted by Crippen LogP contribution is -2.52. The number of fused-ring (bicyclic) bond motifs is 3. The first kappa shape index (κ1) is 44.7. The number of imide groups is 1. The maximum atomic E-state index is 13.5. The maximum Gasteiger partial charge on any atom is 0.352 e. The van der Waals surface area contributed by atoms with E-state index in [9.17, 15) is 29.1 Å². The fraction of sp³-hybridized carbons (Fsp3) is 0.400. The Kier molecular flexibility index (Phi) is 12.3. The van der Waals surface area contributed by atoms with Crippen molar-refractivity contribution in [2.75, 3.05) is 45.9 Å². The van der Waals surface area contributed by atoms with E-state index in [1.54, 1.807) is 23.1 Å². The third-order valence-corrected chi connectivity index (χ3v) is 14.2. The highest BCUT2D eigenvalue weighted by molar-refractivity contribution is 6.35. The first-order valence-corrected chi connectivity index (χ1v) is 23.0. The molecule has 2 N–H and O–H groups in total. The number of ether oxygens (including phenoxy) is 2. The van der Waals surface area contributed by atoms with Crippen LogP contribution in [-0.2, 0) is 45.7 Å². The molecular formula is C50H54ClN7O8. The molecular weight excluding hydrogens is 862 g/mol. The first-order chi connectivity index (χ1) is 31.7. The number of piperidine rings is 1. The Hall–Kier alpha value is -6.45. The van der Waals surface area contributed by atoms with Crippen LogP contribution < -0.4 is 10.1 Å². The number of aromatic nitrogens is 3. The summed E-state index contributed by atoms with van der Waals surface area (Å²) in [4.78, 5) is 70.0. The molecule has 2 saturated heterocycles. The van der Waals surface area contributed by atoms with Crippen molar-refractivity contribution in [2.24, 2.45) is 18.4 Å². The van der Waals surface area contributed by atoms with E-state index in [1.807, 2.05) is 60.5 Å². The average molecular weight is 916 g/mol. The topological polar surface area (TPSA) is 169 Å². The van der Waals surface area contributed by atoms with Crippen LogP contribution >= 0.6 is 11.6 Å². The number of hydrogen-bond donors (Lipinski definition) is 2. The van der Waals surface area contributed by atoms with E-state index in [1.165, 1.54) is 4.90 Å². The number of carbonyl (C=O) groups excluding carboxylic acids is 4. The summed E-state index contributed by atoms with van der Waals surface area (Å²) in [6, 6.07) is 8.11. The third kappa shape index (κ3) is 8.23. The van der Waals surface area contributed by atoms with Gasteiger partial charge >= 0.3 is 5.97 Å². The van der Waals surface area contributed by atoms with Gasteiger partial charge < -0.3 is 28.9 Å². The van der Waals surface area contributed by atoms with Gasteiger partial charge in [0, 0.05) is 97.4 Å². The summed E-state index contributed by atoms with van der Waals surface area (Å²) in [5, 5.41) is 19.3. The second-order valence-corrected chi connectivity index (χ2v) is 18.3. The number of carboxylic acids is 1. The van der Waals surface area contributed by atoms with E-state index in [2.05, 4.69) is 41.4 Å². The number of carbonyl (C=O) groups is 5. The predicted octanol–water partition coefficient (Wildman–Crippen LogP) is 6.15. The molecule has 2 aromatic carbocycles. The molecule has 0 bridgehead atoms. The van der Waals surface area contributed by atoms with E-state index < -0.39 is 17.9 Å². The molecule has 15 nitrogen and oxygen atoms in total. The van der Waals surface area contributed by atoms with Crippen molar-refractivity contribution in [3.63, 3.8) is 0 Å². The number of hydrogen-bond acceptors (Lipinski definition) is 9. The lowest BCUT2D eigenvalue weighted by atomic mass is 9.71. The Morgan fingerprint density at radius 2 is 1.77 bits per heavy atom. The minimum absolute atomic E-state index is 0.0952. The van der Waals surface area contributed by atoms with E-state index in [0.29, 0.717) is 80.6 Å². The molecule has 344 valence electrons. The van der Waals surface area contributed by atoms with Crippen LogP contribution in [-0.4, -0.2) is 116 Å². The van der Waals surface area contributed by atoms with Crippen LogP contribution in [0.1, 0.15) is 69.5 Å². The van der Waals surface area contributed by atoms with Crippen LogP contribution in [0.2, 0.25) is 5.02 Å². The Morgan fingerprint density at radius 1 is 0.985 bits per heavy atom. The van der Waals surface area contributed by atoms with Gasteiger partial charge in [0.1, 0.15) is 23.2 Å². The number of aromatic carboxylic acids is 1. The molecule has 0 saturated carbocycles. The van der Waals surface area contributed by atoms with Crippen LogP contribution in [0, 0.1) is 25.2 Å². The molecule has 4 amide bonds. The van der Waals surface area contributed by atoms with Crippen LogP contribution in [0.3, 0.4) is 0 Å². The molecule has 3 aliphatic heterocycles. The smallest absolute Gasteiger partial charge is 0.352 e. The number of halogens is 1. The van der Waals surface area contributed by atoms with Gasteiger partial charge in [0.15, 0.2) is 6.61 Å². The number of carboxylic acid groups (broad SMARTS) is 1. The summed E-state index contributed by atoms with van der Waals surface area (Å²) in [5.41, 5.74) is 5.91.